The minimum atomic E-state index is -0.742. The van der Waals surface area contributed by atoms with Crippen molar-refractivity contribution in [3.8, 4) is 0 Å². The van der Waals surface area contributed by atoms with Gasteiger partial charge in [-0.2, -0.15) is 0 Å². The number of nitrogens with one attached hydrogen (secondary N) is 1. The van der Waals surface area contributed by atoms with Crippen LogP contribution in [0.1, 0.15) is 16.7 Å². The van der Waals surface area contributed by atoms with Gasteiger partial charge < -0.3 is 43.2 Å². The molecule has 9 heteroatoms. The molecule has 0 unspecified atom stereocenters. The first-order valence-electron chi connectivity index (χ1n) is 15.9. The van der Waals surface area contributed by atoms with E-state index in [4.69, 9.17) is 37.9 Å². The summed E-state index contributed by atoms with van der Waals surface area (Å²) in [5, 5.41) is 3.03. The second-order valence-corrected chi connectivity index (χ2v) is 10.0. The minimum absolute atomic E-state index is 0.424. The Bertz CT molecular complexity index is 978. The van der Waals surface area contributed by atoms with E-state index in [1.54, 1.807) is 0 Å². The monoisotopic (exact) mass is 625 g/mol. The van der Waals surface area contributed by atoms with Crippen molar-refractivity contribution in [2.75, 3.05) is 113 Å². The van der Waals surface area contributed by atoms with E-state index in [-0.39, 0.29) is 0 Å². The predicted octanol–water partition coefficient (Wildman–Crippen LogP) is 4.33. The second kappa shape index (κ2) is 24.5. The Labute approximate surface area is 269 Å². The van der Waals surface area contributed by atoms with E-state index in [9.17, 15) is 0 Å². The standard InChI is InChI=1S/C36H51NO8/c1-37-17-18-38-19-20-39-21-22-40-23-24-41-25-26-42-27-28-43-29-30-44-31-32-45-36(33-11-5-2-6-12-33,34-13-7-3-8-14-34)35-15-9-4-10-16-35/h2-16,37H,17-32H2,1H3. The Hall–Kier alpha value is -2.70. The number of likely N-dealkylation sites (N-methyl/N-ethyl adjacent to an activating group) is 1. The van der Waals surface area contributed by atoms with Crippen LogP contribution in [0.5, 0.6) is 0 Å². The maximum Gasteiger partial charge on any atom is 0.143 e. The largest absolute Gasteiger partial charge is 0.378 e. The van der Waals surface area contributed by atoms with Gasteiger partial charge in [0, 0.05) is 6.54 Å². The summed E-state index contributed by atoms with van der Waals surface area (Å²) in [5.74, 6) is 0. The van der Waals surface area contributed by atoms with Gasteiger partial charge >= 0.3 is 0 Å². The topological polar surface area (TPSA) is 85.9 Å². The number of rotatable bonds is 28. The molecule has 0 fully saturated rings. The number of hydrogen-bond donors (Lipinski definition) is 1. The van der Waals surface area contributed by atoms with Crippen molar-refractivity contribution in [3.05, 3.63) is 108 Å². The van der Waals surface area contributed by atoms with E-state index in [0.29, 0.717) is 99.1 Å². The van der Waals surface area contributed by atoms with Crippen molar-refractivity contribution >= 4 is 0 Å². The zero-order chi connectivity index (χ0) is 31.5. The van der Waals surface area contributed by atoms with Gasteiger partial charge in [-0.1, -0.05) is 91.0 Å². The van der Waals surface area contributed by atoms with Crippen molar-refractivity contribution in [1.29, 1.82) is 0 Å². The molecule has 45 heavy (non-hydrogen) atoms. The molecule has 0 saturated heterocycles. The van der Waals surface area contributed by atoms with Gasteiger partial charge in [-0.05, 0) is 23.7 Å². The molecule has 0 bridgehead atoms. The summed E-state index contributed by atoms with van der Waals surface area (Å²) in [4.78, 5) is 0. The molecule has 248 valence electrons. The molecule has 0 radical (unpaired) electrons. The smallest absolute Gasteiger partial charge is 0.143 e. The Morgan fingerprint density at radius 2 is 0.644 bits per heavy atom. The van der Waals surface area contributed by atoms with Crippen LogP contribution in [0.3, 0.4) is 0 Å². The van der Waals surface area contributed by atoms with Crippen molar-refractivity contribution in [3.63, 3.8) is 0 Å². The van der Waals surface area contributed by atoms with Crippen LogP contribution in [0.4, 0.5) is 0 Å². The SMILES string of the molecule is CNCCOCCOCCOCCOCCOCCOCCOCCOC(c1ccccc1)(c1ccccc1)c1ccccc1. The molecule has 3 aromatic rings. The first-order chi connectivity index (χ1) is 22.4. The highest BCUT2D eigenvalue weighted by Gasteiger charge is 2.37. The summed E-state index contributed by atoms with van der Waals surface area (Å²) >= 11 is 0. The fraction of sp³-hybridized carbons (Fsp3) is 0.500. The number of ether oxygens (including phenoxy) is 8. The molecule has 0 aliphatic rings. The Kier molecular flexibility index (Phi) is 20.0. The first-order valence-corrected chi connectivity index (χ1v) is 15.9. The van der Waals surface area contributed by atoms with Gasteiger partial charge in [0.2, 0.25) is 0 Å². The lowest BCUT2D eigenvalue weighted by Crippen LogP contribution is -2.34. The first kappa shape index (κ1) is 36.8. The van der Waals surface area contributed by atoms with Crippen LogP contribution in [-0.4, -0.2) is 113 Å². The van der Waals surface area contributed by atoms with Gasteiger partial charge in [0.15, 0.2) is 0 Å². The van der Waals surface area contributed by atoms with Crippen molar-refractivity contribution in [1.82, 2.24) is 5.32 Å². The van der Waals surface area contributed by atoms with Crippen molar-refractivity contribution in [2.45, 2.75) is 5.60 Å². The zero-order valence-corrected chi connectivity index (χ0v) is 26.7. The van der Waals surface area contributed by atoms with Gasteiger partial charge in [0.25, 0.3) is 0 Å². The molecule has 0 heterocycles. The molecule has 0 aliphatic heterocycles. The molecular formula is C36H51NO8. The van der Waals surface area contributed by atoms with Gasteiger partial charge in [-0.3, -0.25) is 0 Å². The van der Waals surface area contributed by atoms with E-state index < -0.39 is 5.60 Å². The van der Waals surface area contributed by atoms with Gasteiger partial charge in [-0.25, -0.2) is 0 Å². The molecule has 0 saturated carbocycles. The number of benzene rings is 3. The summed E-state index contributed by atoms with van der Waals surface area (Å²) in [5.41, 5.74) is 2.48. The highest BCUT2D eigenvalue weighted by molar-refractivity contribution is 5.47. The molecule has 3 aromatic carbocycles. The van der Waals surface area contributed by atoms with Gasteiger partial charge in [0.1, 0.15) is 5.60 Å². The van der Waals surface area contributed by atoms with E-state index in [1.807, 2.05) is 61.6 Å². The molecule has 0 aliphatic carbocycles. The predicted molar refractivity (Wildman–Crippen MR) is 175 cm³/mol. The highest BCUT2D eigenvalue weighted by Crippen LogP contribution is 2.40. The van der Waals surface area contributed by atoms with Crippen LogP contribution in [0.15, 0.2) is 91.0 Å². The molecule has 3 rings (SSSR count). The normalized spacial score (nSPS) is 11.7. The summed E-state index contributed by atoms with van der Waals surface area (Å²) in [6, 6.07) is 31.0. The Morgan fingerprint density at radius 1 is 0.378 bits per heavy atom. The molecular weight excluding hydrogens is 574 g/mol. The summed E-state index contributed by atoms with van der Waals surface area (Å²) in [6.45, 7) is 8.75. The van der Waals surface area contributed by atoms with Crippen LogP contribution in [0, 0.1) is 0 Å². The van der Waals surface area contributed by atoms with Crippen LogP contribution in [-0.2, 0) is 43.5 Å². The van der Waals surface area contributed by atoms with E-state index >= 15 is 0 Å². The molecule has 0 amide bonds. The van der Waals surface area contributed by atoms with Crippen molar-refractivity contribution < 1.29 is 37.9 Å². The average Bonchev–Trinajstić information content (AvgIpc) is 3.09. The van der Waals surface area contributed by atoms with Crippen LogP contribution in [0.25, 0.3) is 0 Å². The van der Waals surface area contributed by atoms with Crippen LogP contribution >= 0.6 is 0 Å². The van der Waals surface area contributed by atoms with Gasteiger partial charge in [-0.15, -0.1) is 0 Å². The summed E-state index contributed by atoms with van der Waals surface area (Å²) in [6.07, 6.45) is 0. The molecule has 9 nitrogen and oxygen atoms in total. The fourth-order valence-corrected chi connectivity index (χ4v) is 4.62. The van der Waals surface area contributed by atoms with E-state index in [0.717, 1.165) is 23.2 Å². The lowest BCUT2D eigenvalue weighted by molar-refractivity contribution is -0.0397. The average molecular weight is 626 g/mol. The highest BCUT2D eigenvalue weighted by atomic mass is 16.6. The van der Waals surface area contributed by atoms with E-state index in [1.165, 1.54) is 0 Å². The fourth-order valence-electron chi connectivity index (χ4n) is 4.62. The molecule has 0 spiro atoms. The second-order valence-electron chi connectivity index (χ2n) is 10.0. The molecule has 1 N–H and O–H groups in total. The Balaban J connectivity index is 1.19. The molecule has 0 aromatic heterocycles. The quantitative estimate of drug-likeness (QED) is 0.0937. The zero-order valence-electron chi connectivity index (χ0n) is 26.7. The third-order valence-corrected chi connectivity index (χ3v) is 6.82. The maximum absolute atomic E-state index is 6.72. The summed E-state index contributed by atoms with van der Waals surface area (Å²) < 4.78 is 45.6. The van der Waals surface area contributed by atoms with Crippen LogP contribution in [0.2, 0.25) is 0 Å². The van der Waals surface area contributed by atoms with E-state index in [2.05, 4.69) is 41.7 Å². The third-order valence-electron chi connectivity index (χ3n) is 6.82. The summed E-state index contributed by atoms with van der Waals surface area (Å²) in [7, 11) is 1.90. The lowest BCUT2D eigenvalue weighted by Gasteiger charge is -2.36. The van der Waals surface area contributed by atoms with Crippen molar-refractivity contribution in [2.24, 2.45) is 0 Å². The maximum atomic E-state index is 6.72. The van der Waals surface area contributed by atoms with Crippen LogP contribution < -0.4 is 5.32 Å². The number of hydrogen-bond acceptors (Lipinski definition) is 9. The lowest BCUT2D eigenvalue weighted by atomic mass is 9.80. The van der Waals surface area contributed by atoms with Gasteiger partial charge in [0.05, 0.1) is 99.1 Å². The third kappa shape index (κ3) is 14.5. The Morgan fingerprint density at radius 3 is 0.933 bits per heavy atom. The minimum Gasteiger partial charge on any atom is -0.378 e. The molecule has 0 atom stereocenters.